The maximum absolute atomic E-state index is 8.87. The van der Waals surface area contributed by atoms with Gasteiger partial charge in [0.15, 0.2) is 0 Å². The van der Waals surface area contributed by atoms with E-state index in [2.05, 4.69) is 11.1 Å². The number of thiazole rings is 1. The molecule has 1 saturated carbocycles. The molecule has 2 N–H and O–H groups in total. The Morgan fingerprint density at radius 3 is 2.94 bits per heavy atom. The summed E-state index contributed by atoms with van der Waals surface area (Å²) in [6.07, 6.45) is 2.05. The minimum atomic E-state index is -0.171. The summed E-state index contributed by atoms with van der Waals surface area (Å²) >= 11 is 1.61. The van der Waals surface area contributed by atoms with Gasteiger partial charge in [0.25, 0.3) is 0 Å². The SMILES string of the molecule is N#Cc1cccc(-c2csc(C3(N)CC3)n2)c1. The molecule has 1 aromatic carbocycles. The van der Waals surface area contributed by atoms with Crippen LogP contribution in [0.25, 0.3) is 11.3 Å². The van der Waals surface area contributed by atoms with Crippen molar-refractivity contribution in [3.63, 3.8) is 0 Å². The summed E-state index contributed by atoms with van der Waals surface area (Å²) < 4.78 is 0. The summed E-state index contributed by atoms with van der Waals surface area (Å²) in [6, 6.07) is 9.63. The highest BCUT2D eigenvalue weighted by atomic mass is 32.1. The first kappa shape index (κ1) is 10.5. The van der Waals surface area contributed by atoms with Crippen LogP contribution in [-0.4, -0.2) is 4.98 Å². The molecule has 0 saturated heterocycles. The second-order valence-corrected chi connectivity index (χ2v) is 5.24. The van der Waals surface area contributed by atoms with Gasteiger partial charge in [-0.05, 0) is 25.0 Å². The van der Waals surface area contributed by atoms with Crippen LogP contribution < -0.4 is 5.73 Å². The summed E-state index contributed by atoms with van der Waals surface area (Å²) in [4.78, 5) is 4.57. The van der Waals surface area contributed by atoms with Crippen LogP contribution >= 0.6 is 11.3 Å². The molecule has 3 rings (SSSR count). The van der Waals surface area contributed by atoms with E-state index >= 15 is 0 Å². The average Bonchev–Trinajstić information content (AvgIpc) is 2.94. The lowest BCUT2D eigenvalue weighted by Gasteiger charge is -2.02. The fourth-order valence-electron chi connectivity index (χ4n) is 1.73. The van der Waals surface area contributed by atoms with Gasteiger partial charge in [-0.15, -0.1) is 11.3 Å². The van der Waals surface area contributed by atoms with Crippen molar-refractivity contribution in [2.45, 2.75) is 18.4 Å². The van der Waals surface area contributed by atoms with Gasteiger partial charge in [-0.2, -0.15) is 5.26 Å². The molecule has 4 heteroatoms. The summed E-state index contributed by atoms with van der Waals surface area (Å²) in [5, 5.41) is 11.9. The molecule has 1 aromatic heterocycles. The molecule has 3 nitrogen and oxygen atoms in total. The lowest BCUT2D eigenvalue weighted by atomic mass is 10.1. The maximum Gasteiger partial charge on any atom is 0.113 e. The van der Waals surface area contributed by atoms with Crippen LogP contribution in [0, 0.1) is 11.3 Å². The molecule has 0 bridgehead atoms. The molecule has 1 heterocycles. The van der Waals surface area contributed by atoms with Gasteiger partial charge in [-0.1, -0.05) is 12.1 Å². The average molecular weight is 241 g/mol. The van der Waals surface area contributed by atoms with Crippen molar-refractivity contribution in [3.05, 3.63) is 40.2 Å². The molecule has 1 fully saturated rings. The Balaban J connectivity index is 1.98. The quantitative estimate of drug-likeness (QED) is 0.879. The van der Waals surface area contributed by atoms with E-state index in [-0.39, 0.29) is 5.54 Å². The van der Waals surface area contributed by atoms with Gasteiger partial charge in [-0.3, -0.25) is 0 Å². The smallest absolute Gasteiger partial charge is 0.113 e. The first-order valence-corrected chi connectivity index (χ1v) is 6.35. The number of benzene rings is 1. The van der Waals surface area contributed by atoms with Crippen LogP contribution in [0.2, 0.25) is 0 Å². The summed E-state index contributed by atoms with van der Waals surface area (Å²) in [7, 11) is 0. The van der Waals surface area contributed by atoms with E-state index in [0.717, 1.165) is 29.1 Å². The second kappa shape index (κ2) is 3.66. The van der Waals surface area contributed by atoms with E-state index in [1.165, 1.54) is 0 Å². The number of nitrogens with zero attached hydrogens (tertiary/aromatic N) is 2. The largest absolute Gasteiger partial charge is 0.319 e. The Labute approximate surface area is 104 Å². The molecule has 0 radical (unpaired) electrons. The normalized spacial score (nSPS) is 16.5. The zero-order valence-electron chi connectivity index (χ0n) is 9.18. The first-order chi connectivity index (χ1) is 8.21. The van der Waals surface area contributed by atoms with Crippen LogP contribution in [0.1, 0.15) is 23.4 Å². The topological polar surface area (TPSA) is 62.7 Å². The van der Waals surface area contributed by atoms with E-state index in [0.29, 0.717) is 5.56 Å². The molecule has 2 aromatic rings. The van der Waals surface area contributed by atoms with Crippen molar-refractivity contribution >= 4 is 11.3 Å². The number of nitriles is 1. The third kappa shape index (κ3) is 1.84. The first-order valence-electron chi connectivity index (χ1n) is 5.47. The minimum Gasteiger partial charge on any atom is -0.319 e. The van der Waals surface area contributed by atoms with Crippen molar-refractivity contribution in [3.8, 4) is 17.3 Å². The molecule has 0 amide bonds. The third-order valence-electron chi connectivity index (χ3n) is 3.01. The minimum absolute atomic E-state index is 0.171. The molecular formula is C13H11N3S. The van der Waals surface area contributed by atoms with Crippen LogP contribution in [0.5, 0.6) is 0 Å². The fourth-order valence-corrected chi connectivity index (χ4v) is 2.73. The molecule has 0 atom stereocenters. The lowest BCUT2D eigenvalue weighted by Crippen LogP contribution is -2.18. The standard InChI is InChI=1S/C13H11N3S/c14-7-9-2-1-3-10(6-9)11-8-17-12(16-11)13(15)4-5-13/h1-3,6,8H,4-5,15H2. The van der Waals surface area contributed by atoms with Gasteiger partial charge < -0.3 is 5.73 Å². The second-order valence-electron chi connectivity index (χ2n) is 4.39. The monoisotopic (exact) mass is 241 g/mol. The van der Waals surface area contributed by atoms with Gasteiger partial charge in [0.2, 0.25) is 0 Å². The van der Waals surface area contributed by atoms with Crippen LogP contribution in [0.3, 0.4) is 0 Å². The van der Waals surface area contributed by atoms with E-state index in [1.54, 1.807) is 17.4 Å². The van der Waals surface area contributed by atoms with Crippen molar-refractivity contribution in [2.75, 3.05) is 0 Å². The molecule has 0 unspecified atom stereocenters. The zero-order valence-corrected chi connectivity index (χ0v) is 10.00. The Kier molecular flexibility index (Phi) is 2.25. The van der Waals surface area contributed by atoms with E-state index < -0.39 is 0 Å². The molecule has 1 aliphatic rings. The highest BCUT2D eigenvalue weighted by Crippen LogP contribution is 2.44. The van der Waals surface area contributed by atoms with Crippen molar-refractivity contribution in [1.29, 1.82) is 5.26 Å². The van der Waals surface area contributed by atoms with Crippen LogP contribution in [0.15, 0.2) is 29.6 Å². The van der Waals surface area contributed by atoms with Crippen molar-refractivity contribution < 1.29 is 0 Å². The highest BCUT2D eigenvalue weighted by molar-refractivity contribution is 7.10. The maximum atomic E-state index is 8.87. The number of aromatic nitrogens is 1. The molecule has 0 aliphatic heterocycles. The molecular weight excluding hydrogens is 230 g/mol. The molecule has 17 heavy (non-hydrogen) atoms. The Morgan fingerprint density at radius 2 is 2.24 bits per heavy atom. The Morgan fingerprint density at radius 1 is 1.41 bits per heavy atom. The van der Waals surface area contributed by atoms with Crippen LogP contribution in [-0.2, 0) is 5.54 Å². The van der Waals surface area contributed by atoms with Gasteiger partial charge >= 0.3 is 0 Å². The molecule has 0 spiro atoms. The number of rotatable bonds is 2. The summed E-state index contributed by atoms with van der Waals surface area (Å²) in [5.74, 6) is 0. The van der Waals surface area contributed by atoms with Gasteiger partial charge in [0, 0.05) is 10.9 Å². The summed E-state index contributed by atoms with van der Waals surface area (Å²) in [5.41, 5.74) is 8.50. The van der Waals surface area contributed by atoms with E-state index in [9.17, 15) is 0 Å². The number of nitrogens with two attached hydrogens (primary N) is 1. The van der Waals surface area contributed by atoms with Gasteiger partial charge in [-0.25, -0.2) is 4.98 Å². The highest BCUT2D eigenvalue weighted by Gasteiger charge is 2.42. The molecule has 1 aliphatic carbocycles. The Hall–Kier alpha value is -1.70. The van der Waals surface area contributed by atoms with E-state index in [1.807, 2.05) is 23.6 Å². The lowest BCUT2D eigenvalue weighted by molar-refractivity contribution is 0.732. The fraction of sp³-hybridized carbons (Fsp3) is 0.231. The predicted octanol–water partition coefficient (Wildman–Crippen LogP) is 2.63. The third-order valence-corrected chi connectivity index (χ3v) is 4.07. The zero-order chi connectivity index (χ0) is 11.9. The van der Waals surface area contributed by atoms with Gasteiger partial charge in [0.05, 0.1) is 22.9 Å². The van der Waals surface area contributed by atoms with Gasteiger partial charge in [0.1, 0.15) is 5.01 Å². The number of hydrogen-bond acceptors (Lipinski definition) is 4. The summed E-state index contributed by atoms with van der Waals surface area (Å²) in [6.45, 7) is 0. The molecule has 84 valence electrons. The number of hydrogen-bond donors (Lipinski definition) is 1. The Bertz CT molecular complexity index is 605. The van der Waals surface area contributed by atoms with Crippen molar-refractivity contribution in [2.24, 2.45) is 5.73 Å². The van der Waals surface area contributed by atoms with Crippen LogP contribution in [0.4, 0.5) is 0 Å². The predicted molar refractivity (Wildman–Crippen MR) is 67.4 cm³/mol. The van der Waals surface area contributed by atoms with Crippen molar-refractivity contribution in [1.82, 2.24) is 4.98 Å². The van der Waals surface area contributed by atoms with E-state index in [4.69, 9.17) is 11.0 Å².